The van der Waals surface area contributed by atoms with Gasteiger partial charge in [-0.1, -0.05) is 12.1 Å². The number of rotatable bonds is 2. The van der Waals surface area contributed by atoms with E-state index in [1.807, 2.05) is 0 Å². The van der Waals surface area contributed by atoms with E-state index in [9.17, 15) is 0 Å². The molecule has 0 amide bonds. The van der Waals surface area contributed by atoms with Gasteiger partial charge in [-0.3, -0.25) is 0 Å². The molecule has 0 aliphatic rings. The van der Waals surface area contributed by atoms with Crippen molar-refractivity contribution >= 4 is 12.6 Å². The van der Waals surface area contributed by atoms with Crippen LogP contribution in [0.25, 0.3) is 0 Å². The highest BCUT2D eigenvalue weighted by molar-refractivity contribution is 6.59. The van der Waals surface area contributed by atoms with Crippen molar-refractivity contribution in [1.82, 2.24) is 0 Å². The van der Waals surface area contributed by atoms with E-state index >= 15 is 0 Å². The first-order valence-corrected chi connectivity index (χ1v) is 3.45. The van der Waals surface area contributed by atoms with Crippen molar-refractivity contribution in [1.29, 1.82) is 0 Å². The number of hydrogen-bond donors (Lipinski definition) is 2. The van der Waals surface area contributed by atoms with Gasteiger partial charge in [0.2, 0.25) is 0 Å². The Hall–Kier alpha value is -0.995. The lowest BCUT2D eigenvalue weighted by Gasteiger charge is -2.07. The van der Waals surface area contributed by atoms with Crippen molar-refractivity contribution in [2.75, 3.05) is 7.04 Å². The highest BCUT2D eigenvalue weighted by atomic mass is 16.5. The van der Waals surface area contributed by atoms with Crippen molar-refractivity contribution in [3.05, 3.63) is 23.8 Å². The topological polar surface area (TPSA) is 49.7 Å². The Morgan fingerprint density at radius 3 is 2.83 bits per heavy atom. The van der Waals surface area contributed by atoms with E-state index in [4.69, 9.17) is 14.2 Å². The molecule has 0 aromatic heterocycles. The molecular formula is C8H11BO3. The summed E-state index contributed by atoms with van der Waals surface area (Å²) in [6.45, 7) is 1.75. The third-order valence-corrected chi connectivity index (χ3v) is 1.56. The molecule has 0 bridgehead atoms. The van der Waals surface area contributed by atoms with Crippen molar-refractivity contribution in [3.63, 3.8) is 0 Å². The largest absolute Gasteiger partial charge is 0.497 e. The Bertz CT molecular complexity index is 351. The molecule has 1 aromatic carbocycles. The van der Waals surface area contributed by atoms with Crippen molar-refractivity contribution in [2.24, 2.45) is 0 Å². The van der Waals surface area contributed by atoms with Crippen molar-refractivity contribution in [3.8, 4) is 5.75 Å². The number of hydrogen-bond acceptors (Lipinski definition) is 3. The maximum absolute atomic E-state index is 8.98. The van der Waals surface area contributed by atoms with Crippen LogP contribution in [0.2, 0.25) is 0 Å². The number of methoxy groups -OCH3 is 1. The second-order valence-corrected chi connectivity index (χ2v) is 2.52. The smallest absolute Gasteiger partial charge is 0.492 e. The number of benzene rings is 1. The Morgan fingerprint density at radius 2 is 2.25 bits per heavy atom. The first-order chi connectivity index (χ1) is 6.79. The maximum Gasteiger partial charge on any atom is 0.492 e. The molecule has 0 heterocycles. The standard InChI is InChI=1S/C8H11BO3/c1-6-3-4-7(9(10)11)8(5-6)12-2/h3-5,10-11H,1-2H3/i2D3. The second kappa shape index (κ2) is 3.60. The fourth-order valence-electron chi connectivity index (χ4n) is 0.943. The predicted molar refractivity (Wildman–Crippen MR) is 47.6 cm³/mol. The average molecular weight is 169 g/mol. The third-order valence-electron chi connectivity index (χ3n) is 1.56. The summed E-state index contributed by atoms with van der Waals surface area (Å²) in [7, 11) is -4.35. The zero-order chi connectivity index (χ0) is 11.6. The normalized spacial score (nSPS) is 14.4. The highest BCUT2D eigenvalue weighted by Crippen LogP contribution is 2.09. The molecule has 0 aliphatic carbocycles. The molecule has 0 spiro atoms. The summed E-state index contributed by atoms with van der Waals surface area (Å²) >= 11 is 0. The number of ether oxygens (including phenoxy) is 1. The van der Waals surface area contributed by atoms with Crippen LogP contribution in [0, 0.1) is 6.92 Å². The molecule has 0 radical (unpaired) electrons. The molecule has 0 aliphatic heterocycles. The molecule has 64 valence electrons. The van der Waals surface area contributed by atoms with Crippen LogP contribution in [0.1, 0.15) is 9.68 Å². The minimum atomic E-state index is -2.60. The Balaban J connectivity index is 3.08. The van der Waals surface area contributed by atoms with Gasteiger partial charge in [-0.2, -0.15) is 0 Å². The Kier molecular flexibility index (Phi) is 1.69. The van der Waals surface area contributed by atoms with Crippen LogP contribution in [0.3, 0.4) is 0 Å². The average Bonchev–Trinajstić information content (AvgIpc) is 1.99. The fourth-order valence-corrected chi connectivity index (χ4v) is 0.943. The van der Waals surface area contributed by atoms with Crippen LogP contribution in [0.5, 0.6) is 5.75 Å². The van der Waals surface area contributed by atoms with E-state index < -0.39 is 14.2 Å². The fraction of sp³-hybridized carbons (Fsp3) is 0.250. The molecule has 12 heavy (non-hydrogen) atoms. The van der Waals surface area contributed by atoms with Gasteiger partial charge >= 0.3 is 7.12 Å². The van der Waals surface area contributed by atoms with Gasteiger partial charge in [-0.15, -0.1) is 0 Å². The Morgan fingerprint density at radius 1 is 1.50 bits per heavy atom. The molecule has 0 fully saturated rings. The summed E-state index contributed by atoms with van der Waals surface area (Å²) in [5.41, 5.74) is 0.815. The zero-order valence-electron chi connectivity index (χ0n) is 9.61. The van der Waals surface area contributed by atoms with E-state index in [0.717, 1.165) is 5.56 Å². The van der Waals surface area contributed by atoms with Crippen LogP contribution in [-0.4, -0.2) is 24.2 Å². The molecule has 1 aromatic rings. The first kappa shape index (κ1) is 5.62. The molecule has 2 N–H and O–H groups in total. The maximum atomic E-state index is 8.98. The summed E-state index contributed by atoms with van der Waals surface area (Å²) in [6.07, 6.45) is 0. The van der Waals surface area contributed by atoms with Gasteiger partial charge in [0.1, 0.15) is 5.75 Å². The number of aryl methyl sites for hydroxylation is 1. The SMILES string of the molecule is [2H]C([2H])([2H])Oc1cc(C)ccc1B(O)O. The molecule has 3 nitrogen and oxygen atoms in total. The van der Waals surface area contributed by atoms with E-state index in [-0.39, 0.29) is 11.2 Å². The van der Waals surface area contributed by atoms with E-state index in [1.54, 1.807) is 13.0 Å². The van der Waals surface area contributed by atoms with Gasteiger partial charge in [0.25, 0.3) is 0 Å². The van der Waals surface area contributed by atoms with Gasteiger partial charge < -0.3 is 14.8 Å². The lowest BCUT2D eigenvalue weighted by Crippen LogP contribution is -2.31. The van der Waals surface area contributed by atoms with Gasteiger partial charge in [0.15, 0.2) is 0 Å². The van der Waals surface area contributed by atoms with E-state index in [0.29, 0.717) is 0 Å². The zero-order valence-corrected chi connectivity index (χ0v) is 6.61. The summed E-state index contributed by atoms with van der Waals surface area (Å²) < 4.78 is 25.4. The molecule has 0 saturated heterocycles. The van der Waals surface area contributed by atoms with Crippen LogP contribution >= 0.6 is 0 Å². The van der Waals surface area contributed by atoms with Gasteiger partial charge in [-0.25, -0.2) is 0 Å². The molecular weight excluding hydrogens is 155 g/mol. The van der Waals surface area contributed by atoms with Crippen LogP contribution < -0.4 is 10.2 Å². The van der Waals surface area contributed by atoms with Crippen molar-refractivity contribution in [2.45, 2.75) is 6.92 Å². The van der Waals surface area contributed by atoms with Gasteiger partial charge in [-0.05, 0) is 18.6 Å². The van der Waals surface area contributed by atoms with Crippen LogP contribution in [-0.2, 0) is 0 Å². The quantitative estimate of drug-likeness (QED) is 0.596. The van der Waals surface area contributed by atoms with E-state index in [1.165, 1.54) is 12.1 Å². The van der Waals surface area contributed by atoms with Gasteiger partial charge in [0, 0.05) is 5.46 Å². The second-order valence-electron chi connectivity index (χ2n) is 2.52. The predicted octanol–water partition coefficient (Wildman–Crippen LogP) is -0.317. The molecule has 4 heteroatoms. The summed E-state index contributed by atoms with van der Waals surface area (Å²) in [4.78, 5) is 0. The minimum absolute atomic E-state index is 0.0370. The summed E-state index contributed by atoms with van der Waals surface area (Å²) in [6, 6.07) is 4.50. The highest BCUT2D eigenvalue weighted by Gasteiger charge is 2.15. The minimum Gasteiger partial charge on any atom is -0.497 e. The lowest BCUT2D eigenvalue weighted by molar-refractivity contribution is 0.403. The molecule has 0 unspecified atom stereocenters. The van der Waals surface area contributed by atoms with Gasteiger partial charge in [0.05, 0.1) is 11.2 Å². The first-order valence-electron chi connectivity index (χ1n) is 4.95. The molecule has 0 atom stereocenters. The van der Waals surface area contributed by atoms with Crippen LogP contribution in [0.4, 0.5) is 0 Å². The molecule has 0 saturated carbocycles. The summed E-state index contributed by atoms with van der Waals surface area (Å²) in [5.74, 6) is -0.0370. The van der Waals surface area contributed by atoms with E-state index in [2.05, 4.69) is 4.74 Å². The monoisotopic (exact) mass is 169 g/mol. The molecule has 1 rings (SSSR count). The Labute approximate surface area is 76.0 Å². The lowest BCUT2D eigenvalue weighted by atomic mass is 9.79. The summed E-state index contributed by atoms with van der Waals surface area (Å²) in [5, 5.41) is 18.0. The third kappa shape index (κ3) is 1.78. The van der Waals surface area contributed by atoms with Crippen LogP contribution in [0.15, 0.2) is 18.2 Å². The van der Waals surface area contributed by atoms with Crippen molar-refractivity contribution < 1.29 is 18.9 Å².